The predicted molar refractivity (Wildman–Crippen MR) is 70.5 cm³/mol. The number of thioether (sulfide) groups is 2. The third kappa shape index (κ3) is 3.76. The van der Waals surface area contributed by atoms with Crippen molar-refractivity contribution in [1.82, 2.24) is 4.57 Å². The van der Waals surface area contributed by atoms with E-state index in [1.54, 1.807) is 0 Å². The molecule has 0 saturated heterocycles. The Morgan fingerprint density at radius 3 is 2.80 bits per heavy atom. The summed E-state index contributed by atoms with van der Waals surface area (Å²) in [7, 11) is 0. The van der Waals surface area contributed by atoms with Gasteiger partial charge in [0.2, 0.25) is 0 Å². The lowest BCUT2D eigenvalue weighted by molar-refractivity contribution is -0.683. The van der Waals surface area contributed by atoms with Gasteiger partial charge in [0, 0.05) is 12.2 Å². The number of hydrogen-bond donors (Lipinski definition) is 0. The molecule has 2 nitrogen and oxygen atoms in total. The minimum absolute atomic E-state index is 1.07. The van der Waals surface area contributed by atoms with Gasteiger partial charge in [-0.05, 0) is 12.0 Å². The maximum Gasteiger partial charge on any atom is 0.256 e. The standard InChI is InChI=1S/C11H21N2S2/c1-4-11-12(8-9-15-5-2)6-7-13(11)10-14-3/h6-7H,4-5,8-10H2,1-3H3/q+1. The van der Waals surface area contributed by atoms with Gasteiger partial charge >= 0.3 is 0 Å². The molecule has 0 saturated carbocycles. The van der Waals surface area contributed by atoms with Crippen LogP contribution in [0.4, 0.5) is 0 Å². The molecule has 1 heterocycles. The Labute approximate surface area is 101 Å². The SMILES string of the molecule is CCSCCn1cc[n+](CSC)c1CC. The number of rotatable bonds is 7. The Balaban J connectivity index is 2.62. The Hall–Kier alpha value is -0.0900. The van der Waals surface area contributed by atoms with Crippen LogP contribution in [0.3, 0.4) is 0 Å². The van der Waals surface area contributed by atoms with Gasteiger partial charge in [0.15, 0.2) is 0 Å². The molecular formula is C11H21N2S2+. The first kappa shape index (κ1) is 13.0. The molecule has 86 valence electrons. The van der Waals surface area contributed by atoms with E-state index in [-0.39, 0.29) is 0 Å². The number of hydrogen-bond acceptors (Lipinski definition) is 2. The fraction of sp³-hybridized carbons (Fsp3) is 0.727. The largest absolute Gasteiger partial charge is 0.256 e. The first-order valence-corrected chi connectivity index (χ1v) is 8.02. The van der Waals surface area contributed by atoms with Crippen molar-refractivity contribution < 1.29 is 4.57 Å². The van der Waals surface area contributed by atoms with Gasteiger partial charge in [-0.25, -0.2) is 9.13 Å². The lowest BCUT2D eigenvalue weighted by Gasteiger charge is -2.01. The van der Waals surface area contributed by atoms with E-state index in [0.717, 1.165) is 18.8 Å². The third-order valence-corrected chi connectivity index (χ3v) is 3.77. The molecular weight excluding hydrogens is 224 g/mol. The molecule has 0 radical (unpaired) electrons. The summed E-state index contributed by atoms with van der Waals surface area (Å²) in [5.41, 5.74) is 0. The molecule has 1 aromatic rings. The van der Waals surface area contributed by atoms with Crippen molar-refractivity contribution in [1.29, 1.82) is 0 Å². The Morgan fingerprint density at radius 1 is 1.40 bits per heavy atom. The van der Waals surface area contributed by atoms with Crippen molar-refractivity contribution in [3.63, 3.8) is 0 Å². The summed E-state index contributed by atoms with van der Waals surface area (Å²) < 4.78 is 4.74. The second-order valence-electron chi connectivity index (χ2n) is 3.35. The number of nitrogens with zero attached hydrogens (tertiary/aromatic N) is 2. The molecule has 0 aromatic carbocycles. The molecule has 0 N–H and O–H groups in total. The monoisotopic (exact) mass is 245 g/mol. The zero-order valence-corrected chi connectivity index (χ0v) is 11.5. The highest BCUT2D eigenvalue weighted by molar-refractivity contribution is 7.99. The molecule has 0 amide bonds. The molecule has 0 aliphatic carbocycles. The van der Waals surface area contributed by atoms with Crippen LogP contribution in [0.5, 0.6) is 0 Å². The van der Waals surface area contributed by atoms with E-state index < -0.39 is 0 Å². The summed E-state index contributed by atoms with van der Waals surface area (Å²) in [6.45, 7) is 5.59. The zero-order valence-electron chi connectivity index (χ0n) is 9.90. The average molecular weight is 245 g/mol. The number of imidazole rings is 1. The normalized spacial score (nSPS) is 10.9. The quantitative estimate of drug-likeness (QED) is 0.539. The summed E-state index contributed by atoms with van der Waals surface area (Å²) in [4.78, 5) is 0. The van der Waals surface area contributed by atoms with E-state index in [9.17, 15) is 0 Å². The molecule has 4 heteroatoms. The van der Waals surface area contributed by atoms with Crippen LogP contribution in [0, 0.1) is 0 Å². The first-order valence-electron chi connectivity index (χ1n) is 5.47. The topological polar surface area (TPSA) is 8.81 Å². The molecule has 0 unspecified atom stereocenters. The van der Waals surface area contributed by atoms with Crippen LogP contribution >= 0.6 is 23.5 Å². The minimum Gasteiger partial charge on any atom is -0.233 e. The second kappa shape index (κ2) is 7.23. The van der Waals surface area contributed by atoms with Crippen molar-refractivity contribution >= 4 is 23.5 Å². The summed E-state index contributed by atoms with van der Waals surface area (Å²) in [5, 5.41) is 0. The lowest BCUT2D eigenvalue weighted by Crippen LogP contribution is -2.35. The molecule has 0 spiro atoms. The fourth-order valence-electron chi connectivity index (χ4n) is 1.67. The summed E-state index contributed by atoms with van der Waals surface area (Å²) >= 11 is 3.88. The van der Waals surface area contributed by atoms with Crippen molar-refractivity contribution in [2.24, 2.45) is 0 Å². The Morgan fingerprint density at radius 2 is 2.20 bits per heavy atom. The highest BCUT2D eigenvalue weighted by atomic mass is 32.2. The summed E-state index contributed by atoms with van der Waals surface area (Å²) in [5.74, 6) is 4.95. The molecule has 0 fully saturated rings. The zero-order chi connectivity index (χ0) is 11.1. The van der Waals surface area contributed by atoms with Crippen molar-refractivity contribution in [2.75, 3.05) is 17.8 Å². The maximum absolute atomic E-state index is 2.39. The van der Waals surface area contributed by atoms with E-state index in [1.807, 2.05) is 23.5 Å². The highest BCUT2D eigenvalue weighted by Crippen LogP contribution is 2.04. The van der Waals surface area contributed by atoms with Gasteiger partial charge in [0.05, 0.1) is 6.54 Å². The fourth-order valence-corrected chi connectivity index (χ4v) is 2.80. The van der Waals surface area contributed by atoms with Crippen molar-refractivity contribution in [3.05, 3.63) is 18.2 Å². The van der Waals surface area contributed by atoms with Crippen molar-refractivity contribution in [2.45, 2.75) is 32.7 Å². The molecule has 0 aliphatic heterocycles. The second-order valence-corrected chi connectivity index (χ2v) is 5.58. The first-order chi connectivity index (χ1) is 7.33. The van der Waals surface area contributed by atoms with Gasteiger partial charge in [-0.2, -0.15) is 11.8 Å². The van der Waals surface area contributed by atoms with Gasteiger partial charge in [-0.15, -0.1) is 11.8 Å². The number of aryl methyl sites for hydroxylation is 1. The van der Waals surface area contributed by atoms with Gasteiger partial charge in [0.1, 0.15) is 18.3 Å². The van der Waals surface area contributed by atoms with Gasteiger partial charge in [-0.1, -0.05) is 13.8 Å². The van der Waals surface area contributed by atoms with Crippen LogP contribution in [0.2, 0.25) is 0 Å². The van der Waals surface area contributed by atoms with Crippen LogP contribution in [-0.2, 0) is 18.8 Å². The molecule has 1 rings (SSSR count). The van der Waals surface area contributed by atoms with E-state index in [4.69, 9.17) is 0 Å². The Bertz CT molecular complexity index is 284. The molecule has 15 heavy (non-hydrogen) atoms. The predicted octanol–water partition coefficient (Wildman–Crippen LogP) is 2.41. The lowest BCUT2D eigenvalue weighted by atomic mass is 10.4. The molecule has 0 bridgehead atoms. The van der Waals surface area contributed by atoms with Crippen molar-refractivity contribution in [3.8, 4) is 0 Å². The average Bonchev–Trinajstić information content (AvgIpc) is 2.62. The van der Waals surface area contributed by atoms with Crippen LogP contribution in [0.1, 0.15) is 19.7 Å². The van der Waals surface area contributed by atoms with E-state index >= 15 is 0 Å². The smallest absolute Gasteiger partial charge is 0.233 e. The van der Waals surface area contributed by atoms with E-state index in [0.29, 0.717) is 0 Å². The van der Waals surface area contributed by atoms with Gasteiger partial charge in [0.25, 0.3) is 5.82 Å². The summed E-state index contributed by atoms with van der Waals surface area (Å²) in [6, 6.07) is 0. The molecule has 1 aromatic heterocycles. The Kier molecular flexibility index (Phi) is 6.25. The number of aromatic nitrogens is 2. The van der Waals surface area contributed by atoms with Crippen LogP contribution in [0.25, 0.3) is 0 Å². The highest BCUT2D eigenvalue weighted by Gasteiger charge is 2.13. The van der Waals surface area contributed by atoms with E-state index in [1.165, 1.54) is 17.3 Å². The third-order valence-electron chi connectivity index (χ3n) is 2.35. The van der Waals surface area contributed by atoms with Gasteiger partial charge in [-0.3, -0.25) is 0 Å². The maximum atomic E-state index is 2.39. The van der Waals surface area contributed by atoms with Gasteiger partial charge < -0.3 is 0 Å². The van der Waals surface area contributed by atoms with Crippen LogP contribution in [0.15, 0.2) is 12.4 Å². The van der Waals surface area contributed by atoms with E-state index in [2.05, 4.69) is 41.6 Å². The molecule has 0 atom stereocenters. The van der Waals surface area contributed by atoms with Crippen LogP contribution in [-0.4, -0.2) is 22.3 Å². The molecule has 0 aliphatic rings. The van der Waals surface area contributed by atoms with Crippen LogP contribution < -0.4 is 4.57 Å². The minimum atomic E-state index is 1.07. The summed E-state index contributed by atoms with van der Waals surface area (Å²) in [6.07, 6.45) is 7.68.